The predicted octanol–water partition coefficient (Wildman–Crippen LogP) is 3.33. The highest BCUT2D eigenvalue weighted by molar-refractivity contribution is 7.89. The summed E-state index contributed by atoms with van der Waals surface area (Å²) in [5.74, 6) is 2.44. The lowest BCUT2D eigenvalue weighted by molar-refractivity contribution is 0.0390. The van der Waals surface area contributed by atoms with Crippen LogP contribution in [0.3, 0.4) is 0 Å². The van der Waals surface area contributed by atoms with Crippen LogP contribution >= 0.6 is 0 Å². The number of sulfonamides is 1. The molecule has 0 aliphatic heterocycles. The second kappa shape index (κ2) is 7.51. The normalized spacial score (nSPS) is 11.6. The maximum atomic E-state index is 12.7. The molecule has 0 unspecified atom stereocenters. The van der Waals surface area contributed by atoms with Crippen LogP contribution in [0.5, 0.6) is 0 Å². The molecular formula is C17H23NO4S. The number of hydrogen-bond acceptors (Lipinski definition) is 4. The standard InChI is InChI=1S/C17H23NO4S/c1-6-7-8-13-18(16(19)22-17(3,4)5)23(20,21)15-11-9-14(2)10-12-15/h1,9-12H,7-8,13H2,2-5H3. The van der Waals surface area contributed by atoms with Crippen LogP contribution in [0.15, 0.2) is 29.2 Å². The molecule has 0 aliphatic carbocycles. The Hall–Kier alpha value is -2.00. The summed E-state index contributed by atoms with van der Waals surface area (Å²) < 4.78 is 31.4. The molecule has 0 heterocycles. The van der Waals surface area contributed by atoms with Gasteiger partial charge in [-0.25, -0.2) is 17.5 Å². The highest BCUT2D eigenvalue weighted by atomic mass is 32.2. The number of carbonyl (C=O) groups excluding carboxylic acids is 1. The molecule has 0 atom stereocenters. The fourth-order valence-corrected chi connectivity index (χ4v) is 3.12. The van der Waals surface area contributed by atoms with Crippen molar-refractivity contribution in [3.8, 4) is 12.3 Å². The Bertz CT molecular complexity index is 679. The molecule has 1 amide bonds. The monoisotopic (exact) mass is 337 g/mol. The molecule has 0 fully saturated rings. The van der Waals surface area contributed by atoms with E-state index in [-0.39, 0.29) is 11.4 Å². The fraction of sp³-hybridized carbons (Fsp3) is 0.471. The molecule has 1 aromatic carbocycles. The summed E-state index contributed by atoms with van der Waals surface area (Å²) in [5, 5.41) is 0. The van der Waals surface area contributed by atoms with Crippen LogP contribution < -0.4 is 0 Å². The Kier molecular flexibility index (Phi) is 6.22. The van der Waals surface area contributed by atoms with Crippen molar-refractivity contribution in [2.24, 2.45) is 0 Å². The molecule has 1 rings (SSSR count). The van der Waals surface area contributed by atoms with E-state index in [0.717, 1.165) is 9.87 Å². The van der Waals surface area contributed by atoms with E-state index in [1.807, 2.05) is 6.92 Å². The highest BCUT2D eigenvalue weighted by Crippen LogP contribution is 2.20. The van der Waals surface area contributed by atoms with Crippen molar-refractivity contribution in [3.05, 3.63) is 29.8 Å². The van der Waals surface area contributed by atoms with Gasteiger partial charge in [-0.2, -0.15) is 0 Å². The Morgan fingerprint density at radius 2 is 1.83 bits per heavy atom. The summed E-state index contributed by atoms with van der Waals surface area (Å²) in [7, 11) is -3.98. The quantitative estimate of drug-likeness (QED) is 0.611. The number of amides is 1. The summed E-state index contributed by atoms with van der Waals surface area (Å²) in [5.41, 5.74) is 0.143. The van der Waals surface area contributed by atoms with Crippen molar-refractivity contribution in [2.45, 2.75) is 51.0 Å². The van der Waals surface area contributed by atoms with Crippen molar-refractivity contribution in [1.29, 1.82) is 0 Å². The van der Waals surface area contributed by atoms with Crippen molar-refractivity contribution in [1.82, 2.24) is 4.31 Å². The molecule has 5 nitrogen and oxygen atoms in total. The van der Waals surface area contributed by atoms with Gasteiger partial charge in [0.05, 0.1) is 4.90 Å². The van der Waals surface area contributed by atoms with Gasteiger partial charge in [-0.3, -0.25) is 0 Å². The van der Waals surface area contributed by atoms with Crippen LogP contribution in [-0.2, 0) is 14.8 Å². The average Bonchev–Trinajstić information content (AvgIpc) is 2.41. The van der Waals surface area contributed by atoms with Gasteiger partial charge in [0.1, 0.15) is 5.60 Å². The summed E-state index contributed by atoms with van der Waals surface area (Å²) in [6.07, 6.45) is 5.06. The molecule has 0 saturated carbocycles. The second-order valence-electron chi connectivity index (χ2n) is 6.18. The third-order valence-electron chi connectivity index (χ3n) is 2.89. The zero-order chi connectivity index (χ0) is 17.7. The first-order chi connectivity index (χ1) is 10.6. The lowest BCUT2D eigenvalue weighted by Gasteiger charge is -2.27. The van der Waals surface area contributed by atoms with Crippen LogP contribution in [0.1, 0.15) is 39.2 Å². The topological polar surface area (TPSA) is 63.7 Å². The number of hydrogen-bond donors (Lipinski definition) is 0. The van der Waals surface area contributed by atoms with Gasteiger partial charge in [0.25, 0.3) is 10.0 Å². The van der Waals surface area contributed by atoms with Crippen molar-refractivity contribution < 1.29 is 17.9 Å². The van der Waals surface area contributed by atoms with E-state index in [0.29, 0.717) is 12.8 Å². The molecular weight excluding hydrogens is 314 g/mol. The van der Waals surface area contributed by atoms with E-state index in [1.165, 1.54) is 12.1 Å². The average molecular weight is 337 g/mol. The zero-order valence-electron chi connectivity index (χ0n) is 14.0. The first-order valence-corrected chi connectivity index (χ1v) is 8.78. The van der Waals surface area contributed by atoms with Crippen molar-refractivity contribution in [3.63, 3.8) is 0 Å². The third kappa shape index (κ3) is 5.61. The number of nitrogens with zero attached hydrogens (tertiary/aromatic N) is 1. The first-order valence-electron chi connectivity index (χ1n) is 7.34. The summed E-state index contributed by atoms with van der Waals surface area (Å²) >= 11 is 0. The van der Waals surface area contributed by atoms with E-state index in [4.69, 9.17) is 11.2 Å². The van der Waals surface area contributed by atoms with Crippen LogP contribution in [0.4, 0.5) is 4.79 Å². The molecule has 0 spiro atoms. The SMILES string of the molecule is C#CCCCN(C(=O)OC(C)(C)C)S(=O)(=O)c1ccc(C)cc1. The first kappa shape index (κ1) is 19.0. The third-order valence-corrected chi connectivity index (χ3v) is 4.67. The van der Waals surface area contributed by atoms with E-state index in [9.17, 15) is 13.2 Å². The predicted molar refractivity (Wildman–Crippen MR) is 89.4 cm³/mol. The lowest BCUT2D eigenvalue weighted by Crippen LogP contribution is -2.41. The van der Waals surface area contributed by atoms with Gasteiger partial charge in [0.2, 0.25) is 0 Å². The number of terminal acetylenes is 1. The van der Waals surface area contributed by atoms with Gasteiger partial charge < -0.3 is 4.74 Å². The van der Waals surface area contributed by atoms with Crippen LogP contribution in [0.2, 0.25) is 0 Å². The maximum Gasteiger partial charge on any atom is 0.424 e. The summed E-state index contributed by atoms with van der Waals surface area (Å²) in [6, 6.07) is 6.32. The summed E-state index contributed by atoms with van der Waals surface area (Å²) in [6.45, 7) is 6.89. The Morgan fingerprint density at radius 1 is 1.26 bits per heavy atom. The fourth-order valence-electron chi connectivity index (χ4n) is 1.78. The largest absolute Gasteiger partial charge is 0.443 e. The minimum Gasteiger partial charge on any atom is -0.443 e. The Labute approximate surface area is 138 Å². The number of aryl methyl sites for hydroxylation is 1. The highest BCUT2D eigenvalue weighted by Gasteiger charge is 2.32. The van der Waals surface area contributed by atoms with Crippen LogP contribution in [0, 0.1) is 19.3 Å². The van der Waals surface area contributed by atoms with Gasteiger partial charge in [0.15, 0.2) is 0 Å². The van der Waals surface area contributed by atoms with E-state index in [1.54, 1.807) is 32.9 Å². The molecule has 0 radical (unpaired) electrons. The van der Waals surface area contributed by atoms with E-state index >= 15 is 0 Å². The molecule has 0 N–H and O–H groups in total. The number of unbranched alkanes of at least 4 members (excludes halogenated alkanes) is 1. The van der Waals surface area contributed by atoms with Gasteiger partial charge >= 0.3 is 6.09 Å². The summed E-state index contributed by atoms with van der Waals surface area (Å²) in [4.78, 5) is 12.4. The maximum absolute atomic E-state index is 12.7. The Morgan fingerprint density at radius 3 is 2.30 bits per heavy atom. The lowest BCUT2D eigenvalue weighted by atomic mass is 10.2. The number of ether oxygens (including phenoxy) is 1. The van der Waals surface area contributed by atoms with Gasteiger partial charge in [-0.05, 0) is 46.2 Å². The van der Waals surface area contributed by atoms with Crippen molar-refractivity contribution >= 4 is 16.1 Å². The minimum atomic E-state index is -3.98. The molecule has 126 valence electrons. The van der Waals surface area contributed by atoms with Crippen molar-refractivity contribution in [2.75, 3.05) is 6.54 Å². The van der Waals surface area contributed by atoms with Gasteiger partial charge in [-0.15, -0.1) is 12.3 Å². The number of carbonyl (C=O) groups is 1. The molecule has 1 aromatic rings. The van der Waals surface area contributed by atoms with E-state index in [2.05, 4.69) is 5.92 Å². The van der Waals surface area contributed by atoms with Gasteiger partial charge in [-0.1, -0.05) is 17.7 Å². The van der Waals surface area contributed by atoms with Gasteiger partial charge in [0, 0.05) is 13.0 Å². The smallest absolute Gasteiger partial charge is 0.424 e. The minimum absolute atomic E-state index is 0.0185. The molecule has 23 heavy (non-hydrogen) atoms. The van der Waals surface area contributed by atoms with Crippen LogP contribution in [-0.4, -0.2) is 31.0 Å². The second-order valence-corrected chi connectivity index (χ2v) is 8.04. The Balaban J connectivity index is 3.13. The van der Waals surface area contributed by atoms with E-state index < -0.39 is 21.7 Å². The van der Waals surface area contributed by atoms with Crippen LogP contribution in [0.25, 0.3) is 0 Å². The zero-order valence-corrected chi connectivity index (χ0v) is 14.8. The number of benzene rings is 1. The number of rotatable bonds is 5. The molecule has 0 bridgehead atoms. The molecule has 6 heteroatoms. The molecule has 0 aliphatic rings. The molecule has 0 aromatic heterocycles. The molecule has 0 saturated heterocycles.